The van der Waals surface area contributed by atoms with Gasteiger partial charge in [0.25, 0.3) is 0 Å². The Labute approximate surface area is 123 Å². The number of amides is 1. The summed E-state index contributed by atoms with van der Waals surface area (Å²) in [6.45, 7) is 4.35. The highest BCUT2D eigenvalue weighted by molar-refractivity contribution is 5.82. The molecule has 6 heteroatoms. The van der Waals surface area contributed by atoms with Crippen LogP contribution in [0.5, 0.6) is 0 Å². The summed E-state index contributed by atoms with van der Waals surface area (Å²) in [5.74, 6) is -1.35. The quantitative estimate of drug-likeness (QED) is 0.567. The highest BCUT2D eigenvalue weighted by atomic mass is 79.9. The van der Waals surface area contributed by atoms with Gasteiger partial charge < -0.3 is 27.4 Å². The zero-order valence-corrected chi connectivity index (χ0v) is 12.7. The molecule has 0 bridgehead atoms. The number of halogens is 1. The number of rotatable bonds is 6. The minimum absolute atomic E-state index is 0. The van der Waals surface area contributed by atoms with E-state index < -0.39 is 12.0 Å². The number of aromatic nitrogens is 1. The zero-order chi connectivity index (χ0) is 13.5. The fourth-order valence-corrected chi connectivity index (χ4v) is 1.71. The van der Waals surface area contributed by atoms with Crippen LogP contribution in [0, 0.1) is 0 Å². The fourth-order valence-electron chi connectivity index (χ4n) is 1.71. The van der Waals surface area contributed by atoms with Gasteiger partial charge in [-0.2, -0.15) is 0 Å². The lowest BCUT2D eigenvalue weighted by molar-refractivity contribution is -0.697. The van der Waals surface area contributed by atoms with Crippen molar-refractivity contribution >= 4 is 11.9 Å². The summed E-state index contributed by atoms with van der Waals surface area (Å²) < 4.78 is 2.04. The number of hydrogen-bond acceptors (Lipinski definition) is 2. The normalized spacial score (nSPS) is 11.3. The van der Waals surface area contributed by atoms with E-state index in [1.54, 1.807) is 0 Å². The van der Waals surface area contributed by atoms with E-state index in [-0.39, 0.29) is 22.9 Å². The molecular weight excluding hydrogens is 312 g/mol. The molecule has 0 spiro atoms. The highest BCUT2D eigenvalue weighted by Gasteiger charge is 2.19. The first kappa shape index (κ1) is 17.6. The number of carboxylic acid groups (broad SMARTS) is 1. The third kappa shape index (κ3) is 6.33. The topological polar surface area (TPSA) is 70.3 Å². The molecule has 2 N–H and O–H groups in total. The number of carbonyl (C=O) groups excluding carboxylic acids is 1. The number of pyridine rings is 1. The standard InChI is InChI=1S/C13H18N2O3.BrH/c1-3-6-15-7-4-11(5-8-15)9-12(13(17)18)14-10(2)16;/h4-5,7-8,12H,3,6,9H2,1-2H3,(H-,14,16,17,18);1H/t12-;/m1./s1. The van der Waals surface area contributed by atoms with Crippen molar-refractivity contribution in [3.05, 3.63) is 30.1 Å². The van der Waals surface area contributed by atoms with Gasteiger partial charge in [-0.1, -0.05) is 6.92 Å². The average molecular weight is 331 g/mol. The van der Waals surface area contributed by atoms with E-state index in [0.29, 0.717) is 6.42 Å². The number of nitrogens with one attached hydrogen (secondary N) is 1. The third-order valence-corrected chi connectivity index (χ3v) is 2.56. The number of hydrogen-bond donors (Lipinski definition) is 2. The van der Waals surface area contributed by atoms with Crippen molar-refractivity contribution in [2.45, 2.75) is 39.3 Å². The van der Waals surface area contributed by atoms with Gasteiger partial charge in [-0.25, -0.2) is 9.36 Å². The second-order valence-electron chi connectivity index (χ2n) is 4.24. The largest absolute Gasteiger partial charge is 1.00 e. The predicted molar refractivity (Wildman–Crippen MR) is 65.9 cm³/mol. The van der Waals surface area contributed by atoms with Crippen molar-refractivity contribution in [2.24, 2.45) is 0 Å². The van der Waals surface area contributed by atoms with Crippen LogP contribution in [0.4, 0.5) is 0 Å². The van der Waals surface area contributed by atoms with Crippen LogP contribution in [-0.4, -0.2) is 23.0 Å². The van der Waals surface area contributed by atoms with E-state index >= 15 is 0 Å². The summed E-state index contributed by atoms with van der Waals surface area (Å²) in [4.78, 5) is 21.9. The first-order chi connectivity index (χ1) is 8.52. The number of carboxylic acids is 1. The lowest BCUT2D eigenvalue weighted by atomic mass is 10.1. The lowest BCUT2D eigenvalue weighted by Crippen LogP contribution is -3.00. The first-order valence-electron chi connectivity index (χ1n) is 6.00. The average Bonchev–Trinajstić information content (AvgIpc) is 2.30. The molecule has 0 radical (unpaired) electrons. The fraction of sp³-hybridized carbons (Fsp3) is 0.462. The van der Waals surface area contributed by atoms with Crippen LogP contribution >= 0.6 is 0 Å². The molecule has 5 nitrogen and oxygen atoms in total. The van der Waals surface area contributed by atoms with Crippen molar-refractivity contribution in [1.82, 2.24) is 5.32 Å². The van der Waals surface area contributed by atoms with Gasteiger partial charge in [0.05, 0.1) is 0 Å². The number of nitrogens with zero attached hydrogens (tertiary/aromatic N) is 1. The highest BCUT2D eigenvalue weighted by Crippen LogP contribution is 2.02. The summed E-state index contributed by atoms with van der Waals surface area (Å²) in [5.41, 5.74) is 0.892. The number of aryl methyl sites for hydroxylation is 1. The predicted octanol–water partition coefficient (Wildman–Crippen LogP) is -2.48. The van der Waals surface area contributed by atoms with Gasteiger partial charge in [-0.05, 0) is 5.56 Å². The van der Waals surface area contributed by atoms with Crippen LogP contribution in [0.2, 0.25) is 0 Å². The Morgan fingerprint density at radius 3 is 2.37 bits per heavy atom. The zero-order valence-electron chi connectivity index (χ0n) is 11.1. The molecule has 0 unspecified atom stereocenters. The van der Waals surface area contributed by atoms with Gasteiger partial charge in [0.1, 0.15) is 12.6 Å². The molecule has 1 aromatic rings. The number of carbonyl (C=O) groups is 2. The molecule has 0 saturated heterocycles. The molecular formula is C13H19BrN2O3. The van der Waals surface area contributed by atoms with E-state index in [1.807, 2.05) is 29.1 Å². The monoisotopic (exact) mass is 330 g/mol. The molecule has 1 amide bonds. The van der Waals surface area contributed by atoms with Crippen molar-refractivity contribution in [2.75, 3.05) is 0 Å². The molecule has 0 fully saturated rings. The molecule has 1 aromatic heterocycles. The molecule has 0 saturated carbocycles. The smallest absolute Gasteiger partial charge is 0.326 e. The molecule has 0 aliphatic heterocycles. The summed E-state index contributed by atoms with van der Waals surface area (Å²) in [6.07, 6.45) is 5.19. The van der Waals surface area contributed by atoms with Gasteiger partial charge in [0, 0.05) is 31.9 Å². The third-order valence-electron chi connectivity index (χ3n) is 2.56. The molecule has 1 heterocycles. The van der Waals surface area contributed by atoms with Gasteiger partial charge in [-0.15, -0.1) is 0 Å². The van der Waals surface area contributed by atoms with Crippen LogP contribution in [0.15, 0.2) is 24.5 Å². The van der Waals surface area contributed by atoms with Crippen LogP contribution in [-0.2, 0) is 22.6 Å². The van der Waals surface area contributed by atoms with E-state index in [9.17, 15) is 9.59 Å². The molecule has 1 rings (SSSR count). The molecule has 0 aromatic carbocycles. The van der Waals surface area contributed by atoms with E-state index in [0.717, 1.165) is 18.5 Å². The van der Waals surface area contributed by atoms with Crippen LogP contribution in [0.25, 0.3) is 0 Å². The SMILES string of the molecule is CCC[n+]1ccc(C[C@@H](NC(C)=O)C(=O)O)cc1.[Br-]. The Morgan fingerprint density at radius 2 is 1.95 bits per heavy atom. The van der Waals surface area contributed by atoms with Gasteiger partial charge in [-0.3, -0.25) is 4.79 Å². The molecule has 106 valence electrons. The van der Waals surface area contributed by atoms with Crippen LogP contribution < -0.4 is 26.9 Å². The van der Waals surface area contributed by atoms with Gasteiger partial charge in [0.2, 0.25) is 5.91 Å². The van der Waals surface area contributed by atoms with Crippen molar-refractivity contribution in [1.29, 1.82) is 0 Å². The summed E-state index contributed by atoms with van der Waals surface area (Å²) in [7, 11) is 0. The Hall–Kier alpha value is -1.43. The maximum absolute atomic E-state index is 11.0. The Kier molecular flexibility index (Phi) is 7.98. The minimum atomic E-state index is -1.02. The van der Waals surface area contributed by atoms with Crippen molar-refractivity contribution < 1.29 is 36.2 Å². The molecule has 0 aliphatic carbocycles. The minimum Gasteiger partial charge on any atom is -1.00 e. The van der Waals surface area contributed by atoms with Gasteiger partial charge >= 0.3 is 5.97 Å². The first-order valence-corrected chi connectivity index (χ1v) is 6.00. The number of aliphatic carboxylic acids is 1. The van der Waals surface area contributed by atoms with E-state index in [2.05, 4.69) is 12.2 Å². The second kappa shape index (κ2) is 8.63. The van der Waals surface area contributed by atoms with Crippen LogP contribution in [0.3, 0.4) is 0 Å². The summed E-state index contributed by atoms with van der Waals surface area (Å²) in [6, 6.07) is 2.89. The van der Waals surface area contributed by atoms with Gasteiger partial charge in [0.15, 0.2) is 12.4 Å². The molecule has 0 aliphatic rings. The Bertz CT molecular complexity index is 420. The van der Waals surface area contributed by atoms with Crippen LogP contribution in [0.1, 0.15) is 25.8 Å². The molecule has 19 heavy (non-hydrogen) atoms. The Balaban J connectivity index is 0.00000324. The summed E-state index contributed by atoms with van der Waals surface area (Å²) >= 11 is 0. The maximum atomic E-state index is 11.0. The lowest BCUT2D eigenvalue weighted by Gasteiger charge is -2.12. The Morgan fingerprint density at radius 1 is 1.37 bits per heavy atom. The van der Waals surface area contributed by atoms with E-state index in [4.69, 9.17) is 5.11 Å². The molecule has 1 atom stereocenters. The van der Waals surface area contributed by atoms with E-state index in [1.165, 1.54) is 6.92 Å². The summed E-state index contributed by atoms with van der Waals surface area (Å²) in [5, 5.41) is 11.4. The van der Waals surface area contributed by atoms with Crippen molar-refractivity contribution in [3.8, 4) is 0 Å². The maximum Gasteiger partial charge on any atom is 0.326 e. The van der Waals surface area contributed by atoms with Crippen molar-refractivity contribution in [3.63, 3.8) is 0 Å². The second-order valence-corrected chi connectivity index (χ2v) is 4.24.